The number of ether oxygens (including phenoxy) is 1. The van der Waals surface area contributed by atoms with Crippen LogP contribution >= 0.6 is 15.9 Å². The molecular weight excluding hydrogens is 373 g/mol. The Morgan fingerprint density at radius 3 is 2.62 bits per heavy atom. The average molecular weight is 390 g/mol. The number of benzene rings is 2. The maximum atomic E-state index is 13.5. The third kappa shape index (κ3) is 3.00. The van der Waals surface area contributed by atoms with Crippen LogP contribution in [0.2, 0.25) is 0 Å². The van der Waals surface area contributed by atoms with E-state index in [0.29, 0.717) is 12.0 Å². The van der Waals surface area contributed by atoms with E-state index in [0.717, 1.165) is 10.0 Å². The summed E-state index contributed by atoms with van der Waals surface area (Å²) in [6, 6.07) is 13.6. The first-order valence-electron chi connectivity index (χ1n) is 7.74. The minimum atomic E-state index is -1.08. The Bertz CT molecular complexity index is 819. The molecule has 24 heavy (non-hydrogen) atoms. The van der Waals surface area contributed by atoms with Gasteiger partial charge in [0.25, 0.3) is 5.91 Å². The van der Waals surface area contributed by atoms with Crippen LogP contribution < -0.4 is 0 Å². The molecule has 0 saturated carbocycles. The number of hydrogen-bond acceptors (Lipinski definition) is 2. The minimum absolute atomic E-state index is 0.0908. The quantitative estimate of drug-likeness (QED) is 0.770. The molecule has 0 saturated heterocycles. The molecule has 0 unspecified atom stereocenters. The third-order valence-electron chi connectivity index (χ3n) is 4.26. The molecular formula is C19H17BrFNO2. The highest BCUT2D eigenvalue weighted by molar-refractivity contribution is 9.10. The van der Waals surface area contributed by atoms with E-state index in [1.54, 1.807) is 12.1 Å². The van der Waals surface area contributed by atoms with E-state index in [-0.39, 0.29) is 23.5 Å². The summed E-state index contributed by atoms with van der Waals surface area (Å²) >= 11 is 3.51. The number of amides is 1. The van der Waals surface area contributed by atoms with Crippen LogP contribution in [0, 0.1) is 11.7 Å². The van der Waals surface area contributed by atoms with Crippen molar-refractivity contribution in [2.24, 2.45) is 10.9 Å². The van der Waals surface area contributed by atoms with Crippen LogP contribution in [0.25, 0.3) is 0 Å². The molecule has 3 nitrogen and oxygen atoms in total. The van der Waals surface area contributed by atoms with Gasteiger partial charge >= 0.3 is 0 Å². The summed E-state index contributed by atoms with van der Waals surface area (Å²) in [6.07, 6.45) is 0.396. The highest BCUT2D eigenvalue weighted by Gasteiger charge is 2.49. The Balaban J connectivity index is 1.96. The maximum absolute atomic E-state index is 13.5. The zero-order valence-electron chi connectivity index (χ0n) is 13.4. The second-order valence-corrected chi connectivity index (χ2v) is 7.00. The topological polar surface area (TPSA) is 38.7 Å². The molecule has 0 fully saturated rings. The summed E-state index contributed by atoms with van der Waals surface area (Å²) in [5.41, 5.74) is 0.360. The molecule has 1 heterocycles. The Morgan fingerprint density at radius 2 is 1.96 bits per heavy atom. The standard InChI is InChI=1S/C19H17BrFNO2/c1-12(2)19(11-14-6-3-4-9-16(14)20)18(23)22-17(24-19)13-7-5-8-15(21)10-13/h3-10,12H,11H2,1-2H3/t19-/m1/s1. The Kier molecular flexibility index (Phi) is 4.54. The van der Waals surface area contributed by atoms with Crippen LogP contribution in [0.5, 0.6) is 0 Å². The molecule has 3 rings (SSSR count). The monoisotopic (exact) mass is 389 g/mol. The Morgan fingerprint density at radius 1 is 1.21 bits per heavy atom. The molecule has 1 aliphatic rings. The molecule has 0 N–H and O–H groups in total. The van der Waals surface area contributed by atoms with Crippen molar-refractivity contribution in [1.82, 2.24) is 0 Å². The molecule has 2 aromatic carbocycles. The summed E-state index contributed by atoms with van der Waals surface area (Å²) in [4.78, 5) is 16.8. The van der Waals surface area contributed by atoms with Gasteiger partial charge in [-0.3, -0.25) is 4.79 Å². The van der Waals surface area contributed by atoms with Crippen LogP contribution in [0.3, 0.4) is 0 Å². The van der Waals surface area contributed by atoms with Gasteiger partial charge in [-0.1, -0.05) is 54.0 Å². The van der Waals surface area contributed by atoms with Gasteiger partial charge in [-0.2, -0.15) is 4.99 Å². The largest absolute Gasteiger partial charge is 0.460 e. The fourth-order valence-electron chi connectivity index (χ4n) is 2.78. The van der Waals surface area contributed by atoms with Crippen LogP contribution in [-0.4, -0.2) is 17.4 Å². The number of carbonyl (C=O) groups is 1. The molecule has 1 amide bonds. The van der Waals surface area contributed by atoms with Gasteiger partial charge in [-0.25, -0.2) is 4.39 Å². The van der Waals surface area contributed by atoms with Gasteiger partial charge in [0.2, 0.25) is 5.90 Å². The molecule has 0 spiro atoms. The van der Waals surface area contributed by atoms with Crippen molar-refractivity contribution in [3.05, 3.63) is 69.9 Å². The summed E-state index contributed by atoms with van der Waals surface area (Å²) in [6.45, 7) is 3.86. The summed E-state index contributed by atoms with van der Waals surface area (Å²) in [7, 11) is 0. The molecule has 1 atom stereocenters. The summed E-state index contributed by atoms with van der Waals surface area (Å²) in [5, 5.41) is 0. The minimum Gasteiger partial charge on any atom is -0.460 e. The smallest absolute Gasteiger partial charge is 0.293 e. The van der Waals surface area contributed by atoms with Crippen LogP contribution in [0.1, 0.15) is 25.0 Å². The van der Waals surface area contributed by atoms with Gasteiger partial charge < -0.3 is 4.74 Å². The zero-order chi connectivity index (χ0) is 17.3. The fraction of sp³-hybridized carbons (Fsp3) is 0.263. The highest BCUT2D eigenvalue weighted by atomic mass is 79.9. The van der Waals surface area contributed by atoms with Gasteiger partial charge in [-0.05, 0) is 29.8 Å². The van der Waals surface area contributed by atoms with Crippen LogP contribution in [0.15, 0.2) is 58.0 Å². The van der Waals surface area contributed by atoms with Crippen LogP contribution in [0.4, 0.5) is 4.39 Å². The second-order valence-electron chi connectivity index (χ2n) is 6.15. The summed E-state index contributed by atoms with van der Waals surface area (Å²) in [5.74, 6) is -0.626. The van der Waals surface area contributed by atoms with Crippen LogP contribution in [-0.2, 0) is 16.0 Å². The number of nitrogens with zero attached hydrogens (tertiary/aromatic N) is 1. The van der Waals surface area contributed by atoms with E-state index in [4.69, 9.17) is 4.74 Å². The lowest BCUT2D eigenvalue weighted by Gasteiger charge is -2.31. The maximum Gasteiger partial charge on any atom is 0.293 e. The molecule has 5 heteroatoms. The van der Waals surface area contributed by atoms with E-state index in [2.05, 4.69) is 20.9 Å². The third-order valence-corrected chi connectivity index (χ3v) is 5.03. The number of aliphatic imine (C=N–C) groups is 1. The SMILES string of the molecule is CC(C)[C@@]1(Cc2ccccc2Br)OC(c2cccc(F)c2)=NC1=O. The molecule has 0 aliphatic carbocycles. The lowest BCUT2D eigenvalue weighted by Crippen LogP contribution is -2.45. The van der Waals surface area contributed by atoms with Gasteiger partial charge in [0.15, 0.2) is 5.60 Å². The molecule has 2 aromatic rings. The van der Waals surface area contributed by atoms with Crippen molar-refractivity contribution in [2.45, 2.75) is 25.9 Å². The molecule has 124 valence electrons. The highest BCUT2D eigenvalue weighted by Crippen LogP contribution is 2.35. The van der Waals surface area contributed by atoms with E-state index in [1.165, 1.54) is 12.1 Å². The first-order chi connectivity index (χ1) is 11.4. The zero-order valence-corrected chi connectivity index (χ0v) is 15.0. The number of carbonyl (C=O) groups excluding carboxylic acids is 1. The van der Waals surface area contributed by atoms with Crippen molar-refractivity contribution < 1.29 is 13.9 Å². The predicted octanol–water partition coefficient (Wildman–Crippen LogP) is 4.53. The van der Waals surface area contributed by atoms with Crippen molar-refractivity contribution in [1.29, 1.82) is 0 Å². The van der Waals surface area contributed by atoms with Crippen molar-refractivity contribution in [2.75, 3.05) is 0 Å². The lowest BCUT2D eigenvalue weighted by atomic mass is 9.83. The fourth-order valence-corrected chi connectivity index (χ4v) is 3.20. The second kappa shape index (κ2) is 6.48. The van der Waals surface area contributed by atoms with Gasteiger partial charge in [-0.15, -0.1) is 0 Å². The first kappa shape index (κ1) is 16.8. The van der Waals surface area contributed by atoms with Gasteiger partial charge in [0.05, 0.1) is 0 Å². The first-order valence-corrected chi connectivity index (χ1v) is 8.53. The van der Waals surface area contributed by atoms with E-state index in [1.807, 2.05) is 38.1 Å². The van der Waals surface area contributed by atoms with Crippen molar-refractivity contribution in [3.63, 3.8) is 0 Å². The number of hydrogen-bond donors (Lipinski definition) is 0. The predicted molar refractivity (Wildman–Crippen MR) is 94.4 cm³/mol. The normalized spacial score (nSPS) is 20.2. The summed E-state index contributed by atoms with van der Waals surface area (Å²) < 4.78 is 20.4. The Hall–Kier alpha value is -2.01. The van der Waals surface area contributed by atoms with E-state index < -0.39 is 5.60 Å². The molecule has 0 aromatic heterocycles. The molecule has 0 bridgehead atoms. The van der Waals surface area contributed by atoms with E-state index >= 15 is 0 Å². The number of rotatable bonds is 4. The van der Waals surface area contributed by atoms with E-state index in [9.17, 15) is 9.18 Å². The Labute approximate surface area is 148 Å². The van der Waals surface area contributed by atoms with Crippen molar-refractivity contribution in [3.8, 4) is 0 Å². The molecule has 1 aliphatic heterocycles. The molecule has 0 radical (unpaired) electrons. The lowest BCUT2D eigenvalue weighted by molar-refractivity contribution is -0.134. The number of halogens is 2. The van der Waals surface area contributed by atoms with Gasteiger partial charge in [0.1, 0.15) is 5.82 Å². The average Bonchev–Trinajstić information content (AvgIpc) is 2.88. The van der Waals surface area contributed by atoms with Crippen molar-refractivity contribution >= 4 is 27.7 Å². The van der Waals surface area contributed by atoms with Gasteiger partial charge in [0, 0.05) is 22.4 Å².